The van der Waals surface area contributed by atoms with Gasteiger partial charge in [0.1, 0.15) is 11.7 Å². The molecule has 0 bridgehead atoms. The Labute approximate surface area is 182 Å². The third kappa shape index (κ3) is 3.58. The van der Waals surface area contributed by atoms with Gasteiger partial charge in [0.2, 0.25) is 0 Å². The van der Waals surface area contributed by atoms with Gasteiger partial charge in [-0.25, -0.2) is 4.79 Å². The first-order valence-corrected chi connectivity index (χ1v) is 11.6. The van der Waals surface area contributed by atoms with E-state index < -0.39 is 74.5 Å². The minimum atomic E-state index is -6.14. The van der Waals surface area contributed by atoms with Crippen molar-refractivity contribution in [3.8, 4) is 0 Å². The van der Waals surface area contributed by atoms with Gasteiger partial charge in [-0.2, -0.15) is 21.6 Å². The minimum Gasteiger partial charge on any atom is -0.460 e. The molecular formula is C19H23F3O9S. The Balaban J connectivity index is 1.89. The molecule has 5 atom stereocenters. The first-order valence-electron chi connectivity index (χ1n) is 10.2. The van der Waals surface area contributed by atoms with E-state index in [2.05, 4.69) is 4.18 Å². The summed E-state index contributed by atoms with van der Waals surface area (Å²) in [6, 6.07) is 0. The van der Waals surface area contributed by atoms with Crippen LogP contribution in [0.5, 0.6) is 0 Å². The molecule has 4 aliphatic rings. The fourth-order valence-corrected chi connectivity index (χ4v) is 5.38. The van der Waals surface area contributed by atoms with E-state index in [1.165, 1.54) is 0 Å². The molecule has 3 heterocycles. The molecule has 1 spiro atoms. The SMILES string of the molecule is C[C@H]1CCC[C@H]2OC(C)(C)O[C@]23C(=O)CC[C@@H]2OC(OS(=O)(=O)C(F)(F)F)=C(C(=O)O1)[C@@H]23. The standard InChI is InChI=1S/C19H23F3O9S/c1-9-5-4-6-12-18(31-17(2,3)29-12)11(23)8-7-10-14(18)13(15(24)27-9)16(28-10)30-32(25,26)19(20,21)22/h9-10,12,14H,4-8H2,1-3H3/t9-,10-,12+,14+,18+/m0/s1. The van der Waals surface area contributed by atoms with Crippen molar-refractivity contribution in [2.75, 3.05) is 0 Å². The second-order valence-corrected chi connectivity index (χ2v) is 10.4. The number of ketones is 1. The Kier molecular flexibility index (Phi) is 5.33. The molecule has 0 aromatic rings. The van der Waals surface area contributed by atoms with E-state index in [9.17, 15) is 31.2 Å². The molecule has 0 aromatic carbocycles. The molecule has 0 aromatic heterocycles. The summed E-state index contributed by atoms with van der Waals surface area (Å²) >= 11 is 0. The largest absolute Gasteiger partial charge is 0.534 e. The number of rotatable bonds is 2. The van der Waals surface area contributed by atoms with Crippen LogP contribution in [0.25, 0.3) is 0 Å². The summed E-state index contributed by atoms with van der Waals surface area (Å²) in [5.41, 5.74) is -8.11. The second kappa shape index (κ2) is 7.32. The van der Waals surface area contributed by atoms with Crippen LogP contribution in [0.15, 0.2) is 11.5 Å². The Morgan fingerprint density at radius 1 is 1.09 bits per heavy atom. The fraction of sp³-hybridized carbons (Fsp3) is 0.789. The number of ether oxygens (including phenoxy) is 4. The van der Waals surface area contributed by atoms with E-state index >= 15 is 0 Å². The van der Waals surface area contributed by atoms with E-state index in [-0.39, 0.29) is 12.8 Å². The van der Waals surface area contributed by atoms with Crippen molar-refractivity contribution in [3.05, 3.63) is 11.5 Å². The van der Waals surface area contributed by atoms with E-state index in [4.69, 9.17) is 18.9 Å². The van der Waals surface area contributed by atoms with Gasteiger partial charge in [0.15, 0.2) is 17.2 Å². The van der Waals surface area contributed by atoms with E-state index in [0.717, 1.165) is 0 Å². The fourth-order valence-electron chi connectivity index (χ4n) is 4.96. The van der Waals surface area contributed by atoms with Crippen molar-refractivity contribution in [2.24, 2.45) is 5.92 Å². The second-order valence-electron chi connectivity index (χ2n) is 8.83. The highest BCUT2D eigenvalue weighted by Gasteiger charge is 2.70. The minimum absolute atomic E-state index is 0.0209. The predicted octanol–water partition coefficient (Wildman–Crippen LogP) is 2.45. The first kappa shape index (κ1) is 23.3. The van der Waals surface area contributed by atoms with Crippen molar-refractivity contribution < 1.29 is 54.3 Å². The van der Waals surface area contributed by atoms with Crippen molar-refractivity contribution >= 4 is 21.9 Å². The van der Waals surface area contributed by atoms with Crippen LogP contribution >= 0.6 is 0 Å². The lowest BCUT2D eigenvalue weighted by Gasteiger charge is -2.43. The summed E-state index contributed by atoms with van der Waals surface area (Å²) in [5.74, 6) is -5.17. The number of carbonyl (C=O) groups excluding carboxylic acids is 2. The topological polar surface area (TPSA) is 114 Å². The maximum absolute atomic E-state index is 13.2. The zero-order valence-electron chi connectivity index (χ0n) is 17.6. The van der Waals surface area contributed by atoms with Crippen LogP contribution < -0.4 is 0 Å². The van der Waals surface area contributed by atoms with Gasteiger partial charge in [0, 0.05) is 6.42 Å². The van der Waals surface area contributed by atoms with Crippen LogP contribution in [0.4, 0.5) is 13.2 Å². The summed E-state index contributed by atoms with van der Waals surface area (Å²) < 4.78 is 89.3. The van der Waals surface area contributed by atoms with Gasteiger partial charge in [-0.1, -0.05) is 0 Å². The Morgan fingerprint density at radius 3 is 2.44 bits per heavy atom. The van der Waals surface area contributed by atoms with Crippen LogP contribution in [-0.4, -0.2) is 55.4 Å². The molecule has 9 nitrogen and oxygen atoms in total. The van der Waals surface area contributed by atoms with Gasteiger partial charge in [-0.3, -0.25) is 4.79 Å². The summed E-state index contributed by atoms with van der Waals surface area (Å²) in [6.07, 6.45) is -1.27. The van der Waals surface area contributed by atoms with E-state index in [0.29, 0.717) is 19.3 Å². The third-order valence-electron chi connectivity index (χ3n) is 6.11. The average Bonchev–Trinajstić information content (AvgIpc) is 3.12. The molecule has 0 radical (unpaired) electrons. The maximum atomic E-state index is 13.2. The number of esters is 1. The van der Waals surface area contributed by atoms with Crippen LogP contribution in [0.1, 0.15) is 52.9 Å². The molecule has 3 fully saturated rings. The molecule has 4 rings (SSSR count). The lowest BCUT2D eigenvalue weighted by atomic mass is 9.66. The van der Waals surface area contributed by atoms with Crippen molar-refractivity contribution in [2.45, 2.75) is 88.1 Å². The van der Waals surface area contributed by atoms with Crippen molar-refractivity contribution in [1.82, 2.24) is 0 Å². The molecule has 32 heavy (non-hydrogen) atoms. The summed E-state index contributed by atoms with van der Waals surface area (Å²) in [6.45, 7) is 4.75. The number of cyclic esters (lactones) is 1. The molecular weight excluding hydrogens is 461 g/mol. The number of hydrogen-bond donors (Lipinski definition) is 0. The number of carbonyl (C=O) groups is 2. The van der Waals surface area contributed by atoms with E-state index in [1.54, 1.807) is 20.8 Å². The van der Waals surface area contributed by atoms with Crippen LogP contribution in [0.2, 0.25) is 0 Å². The number of alkyl halides is 3. The zero-order valence-corrected chi connectivity index (χ0v) is 18.4. The molecule has 180 valence electrons. The highest BCUT2D eigenvalue weighted by atomic mass is 32.2. The Morgan fingerprint density at radius 2 is 1.78 bits per heavy atom. The normalized spacial score (nSPS) is 37.3. The summed E-state index contributed by atoms with van der Waals surface area (Å²) in [7, 11) is -6.14. The maximum Gasteiger partial charge on any atom is 0.534 e. The molecule has 13 heteroatoms. The molecule has 3 aliphatic heterocycles. The molecule has 1 saturated carbocycles. The molecule has 0 N–H and O–H groups in total. The third-order valence-corrected chi connectivity index (χ3v) is 7.05. The highest BCUT2D eigenvalue weighted by molar-refractivity contribution is 7.87. The molecule has 0 amide bonds. The Hall–Kier alpha value is -1.86. The average molecular weight is 484 g/mol. The van der Waals surface area contributed by atoms with Crippen LogP contribution in [0, 0.1) is 5.92 Å². The lowest BCUT2D eigenvalue weighted by Crippen LogP contribution is -2.60. The quantitative estimate of drug-likeness (QED) is 0.331. The van der Waals surface area contributed by atoms with Crippen molar-refractivity contribution in [1.29, 1.82) is 0 Å². The van der Waals surface area contributed by atoms with Gasteiger partial charge in [-0.05, 0) is 46.5 Å². The molecule has 0 unspecified atom stereocenters. The first-order chi connectivity index (χ1) is 14.7. The zero-order chi connectivity index (χ0) is 23.7. The van der Waals surface area contributed by atoms with Gasteiger partial charge in [0.05, 0.1) is 18.1 Å². The monoisotopic (exact) mass is 484 g/mol. The van der Waals surface area contributed by atoms with Gasteiger partial charge >= 0.3 is 27.5 Å². The van der Waals surface area contributed by atoms with Gasteiger partial charge < -0.3 is 23.1 Å². The lowest BCUT2D eigenvalue weighted by molar-refractivity contribution is -0.190. The van der Waals surface area contributed by atoms with Crippen LogP contribution in [-0.2, 0) is 42.8 Å². The highest BCUT2D eigenvalue weighted by Crippen LogP contribution is 2.55. The molecule has 1 aliphatic carbocycles. The predicted molar refractivity (Wildman–Crippen MR) is 97.9 cm³/mol. The van der Waals surface area contributed by atoms with Crippen LogP contribution in [0.3, 0.4) is 0 Å². The van der Waals surface area contributed by atoms with E-state index in [1.807, 2.05) is 0 Å². The molecule has 2 saturated heterocycles. The number of halogens is 3. The summed E-state index contributed by atoms with van der Waals surface area (Å²) in [4.78, 5) is 26.3. The Bertz CT molecular complexity index is 971. The number of hydrogen-bond acceptors (Lipinski definition) is 9. The van der Waals surface area contributed by atoms with Gasteiger partial charge in [0.25, 0.3) is 0 Å². The number of Topliss-reactive ketones (excluding diaryl/α,β-unsaturated/α-hetero) is 1. The van der Waals surface area contributed by atoms with Gasteiger partial charge in [-0.15, -0.1) is 0 Å². The van der Waals surface area contributed by atoms with Crippen molar-refractivity contribution in [3.63, 3.8) is 0 Å². The summed E-state index contributed by atoms with van der Waals surface area (Å²) in [5, 5.41) is 0. The smallest absolute Gasteiger partial charge is 0.460 e.